The van der Waals surface area contributed by atoms with Crippen LogP contribution < -0.4 is 13.3 Å². The van der Waals surface area contributed by atoms with Crippen molar-refractivity contribution in [1.29, 1.82) is 0 Å². The van der Waals surface area contributed by atoms with Crippen LogP contribution in [0.5, 0.6) is 17.2 Å². The highest BCUT2D eigenvalue weighted by Crippen LogP contribution is 2.35. The molecule has 170 valence electrons. The van der Waals surface area contributed by atoms with Gasteiger partial charge in [0.25, 0.3) is 0 Å². The maximum absolute atomic E-state index is 6.57. The lowest BCUT2D eigenvalue weighted by Gasteiger charge is -2.30. The Hall–Kier alpha value is -2.37. The Kier molecular flexibility index (Phi) is 7.01. The average Bonchev–Trinajstić information content (AvgIpc) is 2.64. The highest BCUT2D eigenvalue weighted by atomic mass is 32.3. The molecule has 3 aromatic rings. The van der Waals surface area contributed by atoms with Crippen LogP contribution in [0, 0.1) is 62.3 Å². The lowest BCUT2D eigenvalue weighted by Crippen LogP contribution is -2.50. The number of hydrogen-bond donors (Lipinski definition) is 1. The molecular weight excluding hydrogens is 432 g/mol. The summed E-state index contributed by atoms with van der Waals surface area (Å²) >= 11 is 4.99. The van der Waals surface area contributed by atoms with Crippen molar-refractivity contribution >= 4 is 20.0 Å². The van der Waals surface area contributed by atoms with E-state index in [2.05, 4.69) is 57.2 Å². The average molecular weight is 467 g/mol. The first kappa shape index (κ1) is 24.3. The van der Waals surface area contributed by atoms with Crippen LogP contribution in [-0.2, 0) is 0 Å². The normalized spacial score (nSPS) is 11.4. The van der Waals surface area contributed by atoms with Gasteiger partial charge in [-0.15, -0.1) is 0 Å². The topological polar surface area (TPSA) is 27.7 Å². The van der Waals surface area contributed by atoms with Gasteiger partial charge >= 0.3 is 7.95 Å². The number of rotatable bonds is 6. The monoisotopic (exact) mass is 466 g/mol. The molecule has 3 rings (SSSR count). The standard InChI is InChI=1S/C27H34O3SSi/c1-16-10-19(4)25(20(5)11-16)28-32(31,29-26-21(6)12-17(2)13-22(26)7)30-27-23(8)14-18(3)15-24(27)9/h10-15,31H,1-9H3. The third-order valence-electron chi connectivity index (χ3n) is 5.51. The number of benzene rings is 3. The van der Waals surface area contributed by atoms with Crippen LogP contribution in [0.25, 0.3) is 0 Å². The van der Waals surface area contributed by atoms with Crippen molar-refractivity contribution in [2.45, 2.75) is 62.3 Å². The summed E-state index contributed by atoms with van der Waals surface area (Å²) in [5.74, 6) is 2.30. The quantitative estimate of drug-likeness (QED) is 0.304. The Morgan fingerprint density at radius 2 is 0.625 bits per heavy atom. The van der Waals surface area contributed by atoms with Gasteiger partial charge in [0.15, 0.2) is 0 Å². The summed E-state index contributed by atoms with van der Waals surface area (Å²) in [4.78, 5) is 0. The molecule has 0 bridgehead atoms. The molecule has 0 spiro atoms. The summed E-state index contributed by atoms with van der Waals surface area (Å²) in [6.45, 7) is 18.5. The maximum atomic E-state index is 6.57. The number of thiol groups is 1. The molecule has 0 fully saturated rings. The molecule has 3 nitrogen and oxygen atoms in total. The molecule has 0 amide bonds. The lowest BCUT2D eigenvalue weighted by molar-refractivity contribution is 0.290. The largest absolute Gasteiger partial charge is 0.772 e. The third-order valence-corrected chi connectivity index (χ3v) is 7.71. The summed E-state index contributed by atoms with van der Waals surface area (Å²) in [5.41, 5.74) is 9.80. The van der Waals surface area contributed by atoms with Gasteiger partial charge in [0.1, 0.15) is 17.2 Å². The molecule has 0 saturated heterocycles. The Labute approximate surface area is 199 Å². The minimum Gasteiger partial charge on any atom is -0.475 e. The van der Waals surface area contributed by atoms with Crippen LogP contribution in [-0.4, -0.2) is 7.95 Å². The van der Waals surface area contributed by atoms with E-state index in [4.69, 9.17) is 25.4 Å². The summed E-state index contributed by atoms with van der Waals surface area (Å²) in [5, 5.41) is 0. The smallest absolute Gasteiger partial charge is 0.475 e. The molecule has 0 unspecified atom stereocenters. The van der Waals surface area contributed by atoms with E-state index < -0.39 is 7.95 Å². The first-order valence-corrected chi connectivity index (χ1v) is 13.9. The molecule has 0 aliphatic carbocycles. The van der Waals surface area contributed by atoms with Crippen LogP contribution in [0.1, 0.15) is 50.1 Å². The van der Waals surface area contributed by atoms with Gasteiger partial charge in [-0.2, -0.15) is 0 Å². The summed E-state index contributed by atoms with van der Waals surface area (Å²) < 4.78 is 19.7. The van der Waals surface area contributed by atoms with Crippen molar-refractivity contribution in [1.82, 2.24) is 0 Å². The molecule has 5 heteroatoms. The predicted octanol–water partition coefficient (Wildman–Crippen LogP) is 7.36. The highest BCUT2D eigenvalue weighted by Gasteiger charge is 2.48. The van der Waals surface area contributed by atoms with Gasteiger partial charge < -0.3 is 13.3 Å². The van der Waals surface area contributed by atoms with Gasteiger partial charge in [0.05, 0.1) is 0 Å². The minimum atomic E-state index is -3.52. The Morgan fingerprint density at radius 3 is 0.812 bits per heavy atom. The second kappa shape index (κ2) is 9.24. The predicted molar refractivity (Wildman–Crippen MR) is 139 cm³/mol. The van der Waals surface area contributed by atoms with Crippen LogP contribution in [0.15, 0.2) is 36.4 Å². The molecule has 0 aromatic heterocycles. The summed E-state index contributed by atoms with van der Waals surface area (Å²) in [6.07, 6.45) is 0. The van der Waals surface area contributed by atoms with E-state index in [1.807, 2.05) is 41.5 Å². The molecule has 0 aliphatic heterocycles. The lowest BCUT2D eigenvalue weighted by atomic mass is 10.1. The van der Waals surface area contributed by atoms with Gasteiger partial charge in [0.2, 0.25) is 0 Å². The molecule has 0 aliphatic rings. The van der Waals surface area contributed by atoms with Crippen LogP contribution in [0.3, 0.4) is 0 Å². The molecule has 0 heterocycles. The van der Waals surface area contributed by atoms with E-state index in [0.29, 0.717) is 0 Å². The van der Waals surface area contributed by atoms with Gasteiger partial charge in [0, 0.05) is 0 Å². The molecule has 32 heavy (non-hydrogen) atoms. The maximum Gasteiger partial charge on any atom is 0.772 e. The summed E-state index contributed by atoms with van der Waals surface area (Å²) in [6, 6.07) is 12.6. The van der Waals surface area contributed by atoms with E-state index in [9.17, 15) is 0 Å². The Bertz CT molecular complexity index is 956. The first-order valence-electron chi connectivity index (χ1n) is 10.9. The van der Waals surface area contributed by atoms with Gasteiger partial charge in [-0.05, 0) is 95.7 Å². The van der Waals surface area contributed by atoms with E-state index in [-0.39, 0.29) is 0 Å². The number of hydrogen-bond acceptors (Lipinski definition) is 4. The fraction of sp³-hybridized carbons (Fsp3) is 0.333. The number of aryl methyl sites for hydroxylation is 9. The zero-order valence-corrected chi connectivity index (χ0v) is 22.5. The second-order valence-corrected chi connectivity index (χ2v) is 12.3. The molecule has 0 N–H and O–H groups in total. The SMILES string of the molecule is Cc1cc(C)c(O[Si](S)(Oc2c(C)cc(C)cc2C)Oc2c(C)cc(C)cc2C)c(C)c1. The Balaban J connectivity index is 2.11. The second-order valence-electron chi connectivity index (χ2n) is 9.01. The molecule has 3 aromatic carbocycles. The van der Waals surface area contributed by atoms with Crippen molar-refractivity contribution in [3.05, 3.63) is 86.5 Å². The van der Waals surface area contributed by atoms with Gasteiger partial charge in [-0.3, -0.25) is 0 Å². The van der Waals surface area contributed by atoms with E-state index in [0.717, 1.165) is 50.6 Å². The van der Waals surface area contributed by atoms with Gasteiger partial charge in [-0.1, -0.05) is 65.2 Å². The third kappa shape index (κ3) is 5.33. The zero-order chi connectivity index (χ0) is 23.8. The van der Waals surface area contributed by atoms with Crippen molar-refractivity contribution in [2.24, 2.45) is 0 Å². The van der Waals surface area contributed by atoms with E-state index >= 15 is 0 Å². The highest BCUT2D eigenvalue weighted by molar-refractivity contribution is 8.11. The first-order chi connectivity index (χ1) is 14.9. The molecule has 0 atom stereocenters. The molecular formula is C27H34O3SSi. The summed E-state index contributed by atoms with van der Waals surface area (Å²) in [7, 11) is -3.52. The Morgan fingerprint density at radius 1 is 0.438 bits per heavy atom. The van der Waals surface area contributed by atoms with Crippen LogP contribution in [0.4, 0.5) is 0 Å². The van der Waals surface area contributed by atoms with Crippen molar-refractivity contribution in [3.8, 4) is 17.2 Å². The minimum absolute atomic E-state index is 0.766. The van der Waals surface area contributed by atoms with Crippen molar-refractivity contribution in [2.75, 3.05) is 0 Å². The fourth-order valence-electron chi connectivity index (χ4n) is 4.43. The van der Waals surface area contributed by atoms with Crippen LogP contribution >= 0.6 is 12.1 Å². The molecule has 0 saturated carbocycles. The fourth-order valence-corrected chi connectivity index (χ4v) is 7.12. The van der Waals surface area contributed by atoms with E-state index in [1.165, 1.54) is 16.7 Å². The van der Waals surface area contributed by atoms with E-state index in [1.54, 1.807) is 0 Å². The zero-order valence-electron chi connectivity index (χ0n) is 20.6. The molecule has 0 radical (unpaired) electrons. The van der Waals surface area contributed by atoms with Gasteiger partial charge in [-0.25, -0.2) is 0 Å². The van der Waals surface area contributed by atoms with Crippen LogP contribution in [0.2, 0.25) is 0 Å². The van der Waals surface area contributed by atoms with Crippen molar-refractivity contribution in [3.63, 3.8) is 0 Å². The van der Waals surface area contributed by atoms with Crippen molar-refractivity contribution < 1.29 is 13.3 Å².